The molecule has 0 aromatic heterocycles. The maximum Gasteiger partial charge on any atom is 0.245 e. The Morgan fingerprint density at radius 3 is 2.00 bits per heavy atom. The molecular formula is C25H52N4O5. The van der Waals surface area contributed by atoms with E-state index in [4.69, 9.17) is 15.4 Å². The molecule has 0 saturated heterocycles. The van der Waals surface area contributed by atoms with Crippen molar-refractivity contribution in [3.05, 3.63) is 0 Å². The molecule has 0 rings (SSSR count). The lowest BCUT2D eigenvalue weighted by Gasteiger charge is -2.40. The molecule has 0 heterocycles. The molecule has 0 aliphatic rings. The van der Waals surface area contributed by atoms with Gasteiger partial charge in [-0.1, -0.05) is 54.9 Å². The minimum Gasteiger partial charge on any atom is -0.379 e. The molecule has 9 nitrogen and oxygen atoms in total. The Morgan fingerprint density at radius 2 is 1.56 bits per heavy atom. The number of carbonyl (C=O) groups is 2. The first-order chi connectivity index (χ1) is 16.0. The van der Waals surface area contributed by atoms with E-state index in [1.807, 2.05) is 46.7 Å². The van der Waals surface area contributed by atoms with Gasteiger partial charge in [0.15, 0.2) is 0 Å². The summed E-state index contributed by atoms with van der Waals surface area (Å²) in [5, 5.41) is 3.07. The SMILES string of the molecule is CCC(C)[C@@H](C(CC)OC)N(C)C(=O)[C@@H](NC(=O)C(C(C)C)N(C)CCOCCON)C(C)C. The zero-order valence-electron chi connectivity index (χ0n) is 23.3. The number of nitrogens with one attached hydrogen (secondary N) is 1. The lowest BCUT2D eigenvalue weighted by Crippen LogP contribution is -2.59. The minimum atomic E-state index is -0.619. The Hall–Kier alpha value is -1.26. The van der Waals surface area contributed by atoms with Crippen molar-refractivity contribution in [2.24, 2.45) is 23.7 Å². The molecule has 5 atom stereocenters. The molecule has 34 heavy (non-hydrogen) atoms. The minimum absolute atomic E-state index is 0.0585. The fraction of sp³-hybridized carbons (Fsp3) is 0.920. The third-order valence-electron chi connectivity index (χ3n) is 6.65. The number of hydrogen-bond donors (Lipinski definition) is 2. The van der Waals surface area contributed by atoms with E-state index in [9.17, 15) is 9.59 Å². The number of ether oxygens (including phenoxy) is 2. The maximum atomic E-state index is 13.7. The Kier molecular flexibility index (Phi) is 16.6. The van der Waals surface area contributed by atoms with Gasteiger partial charge >= 0.3 is 0 Å². The van der Waals surface area contributed by atoms with Crippen LogP contribution in [0.2, 0.25) is 0 Å². The van der Waals surface area contributed by atoms with Gasteiger partial charge in [0.2, 0.25) is 11.8 Å². The van der Waals surface area contributed by atoms with E-state index < -0.39 is 6.04 Å². The zero-order chi connectivity index (χ0) is 26.4. The van der Waals surface area contributed by atoms with Crippen LogP contribution in [-0.4, -0.2) is 93.4 Å². The molecule has 0 aliphatic carbocycles. The third-order valence-corrected chi connectivity index (χ3v) is 6.65. The van der Waals surface area contributed by atoms with Gasteiger partial charge in [-0.3, -0.25) is 14.5 Å². The number of rotatable bonds is 18. The van der Waals surface area contributed by atoms with Crippen LogP contribution in [0.3, 0.4) is 0 Å². The quantitative estimate of drug-likeness (QED) is 0.225. The average molecular weight is 489 g/mol. The summed E-state index contributed by atoms with van der Waals surface area (Å²) >= 11 is 0. The predicted octanol–water partition coefficient (Wildman–Crippen LogP) is 2.29. The lowest BCUT2D eigenvalue weighted by atomic mass is 9.90. The summed E-state index contributed by atoms with van der Waals surface area (Å²) < 4.78 is 11.2. The van der Waals surface area contributed by atoms with Crippen LogP contribution in [0.25, 0.3) is 0 Å². The van der Waals surface area contributed by atoms with Crippen LogP contribution in [0, 0.1) is 17.8 Å². The summed E-state index contributed by atoms with van der Waals surface area (Å²) in [6.45, 7) is 16.0. The van der Waals surface area contributed by atoms with Gasteiger partial charge in [0.05, 0.1) is 38.0 Å². The van der Waals surface area contributed by atoms with Crippen LogP contribution >= 0.6 is 0 Å². The molecule has 0 saturated carbocycles. The van der Waals surface area contributed by atoms with Crippen molar-refractivity contribution >= 4 is 11.8 Å². The molecule has 0 spiro atoms. The van der Waals surface area contributed by atoms with Gasteiger partial charge in [-0.05, 0) is 31.2 Å². The van der Waals surface area contributed by atoms with E-state index in [1.54, 1.807) is 12.0 Å². The molecule has 0 fully saturated rings. The highest BCUT2D eigenvalue weighted by Crippen LogP contribution is 2.23. The Balaban J connectivity index is 5.53. The highest BCUT2D eigenvalue weighted by molar-refractivity contribution is 5.90. The molecule has 202 valence electrons. The summed E-state index contributed by atoms with van der Waals surface area (Å²) in [6, 6.07) is -1.07. The van der Waals surface area contributed by atoms with Crippen molar-refractivity contribution < 1.29 is 23.9 Å². The first-order valence-corrected chi connectivity index (χ1v) is 12.7. The smallest absolute Gasteiger partial charge is 0.245 e. The fourth-order valence-electron chi connectivity index (χ4n) is 4.47. The second-order valence-electron chi connectivity index (χ2n) is 9.89. The molecule has 0 aliphatic heterocycles. The molecule has 2 amide bonds. The molecular weight excluding hydrogens is 436 g/mol. The van der Waals surface area contributed by atoms with Crippen molar-refractivity contribution in [2.75, 3.05) is 47.6 Å². The molecule has 3 N–H and O–H groups in total. The summed E-state index contributed by atoms with van der Waals surface area (Å²) in [7, 11) is 5.42. The summed E-state index contributed by atoms with van der Waals surface area (Å²) in [6.07, 6.45) is 1.67. The fourth-order valence-corrected chi connectivity index (χ4v) is 4.47. The number of hydrogen-bond acceptors (Lipinski definition) is 7. The topological polar surface area (TPSA) is 106 Å². The number of likely N-dealkylation sites (N-methyl/N-ethyl adjacent to an activating group) is 2. The van der Waals surface area contributed by atoms with Crippen LogP contribution in [0.15, 0.2) is 0 Å². The van der Waals surface area contributed by atoms with E-state index in [2.05, 4.69) is 30.9 Å². The molecule has 0 bridgehead atoms. The second-order valence-corrected chi connectivity index (χ2v) is 9.89. The van der Waals surface area contributed by atoms with E-state index in [0.717, 1.165) is 12.8 Å². The van der Waals surface area contributed by atoms with Crippen LogP contribution in [-0.2, 0) is 23.9 Å². The molecule has 3 unspecified atom stereocenters. The van der Waals surface area contributed by atoms with Crippen molar-refractivity contribution in [3.63, 3.8) is 0 Å². The lowest BCUT2D eigenvalue weighted by molar-refractivity contribution is -0.143. The van der Waals surface area contributed by atoms with Crippen LogP contribution < -0.4 is 11.2 Å². The average Bonchev–Trinajstić information content (AvgIpc) is 2.79. The third kappa shape index (κ3) is 10.2. The van der Waals surface area contributed by atoms with E-state index in [-0.39, 0.29) is 47.8 Å². The van der Waals surface area contributed by atoms with Gasteiger partial charge in [-0.25, -0.2) is 5.90 Å². The van der Waals surface area contributed by atoms with Gasteiger partial charge in [0.25, 0.3) is 0 Å². The number of amides is 2. The number of nitrogens with two attached hydrogens (primary N) is 1. The van der Waals surface area contributed by atoms with Gasteiger partial charge in [0, 0.05) is 20.7 Å². The van der Waals surface area contributed by atoms with E-state index in [1.165, 1.54) is 0 Å². The predicted molar refractivity (Wildman–Crippen MR) is 136 cm³/mol. The Bertz CT molecular complexity index is 572. The number of carbonyl (C=O) groups excluding carboxylic acids is 2. The van der Waals surface area contributed by atoms with Crippen molar-refractivity contribution in [3.8, 4) is 0 Å². The zero-order valence-corrected chi connectivity index (χ0v) is 23.3. The second kappa shape index (κ2) is 17.2. The number of nitrogens with zero attached hydrogens (tertiary/aromatic N) is 2. The largest absolute Gasteiger partial charge is 0.379 e. The molecule has 0 aromatic carbocycles. The van der Waals surface area contributed by atoms with Gasteiger partial charge in [-0.2, -0.15) is 0 Å². The van der Waals surface area contributed by atoms with E-state index >= 15 is 0 Å². The first-order valence-electron chi connectivity index (χ1n) is 12.7. The molecule has 0 aromatic rings. The first kappa shape index (κ1) is 32.7. The van der Waals surface area contributed by atoms with Crippen molar-refractivity contribution in [1.82, 2.24) is 15.1 Å². The highest BCUT2D eigenvalue weighted by Gasteiger charge is 2.37. The highest BCUT2D eigenvalue weighted by atomic mass is 16.6. The van der Waals surface area contributed by atoms with Crippen LogP contribution in [0.5, 0.6) is 0 Å². The maximum absolute atomic E-state index is 13.7. The number of methoxy groups -OCH3 is 1. The van der Waals surface area contributed by atoms with Crippen molar-refractivity contribution in [1.29, 1.82) is 0 Å². The molecule has 0 radical (unpaired) electrons. The summed E-state index contributed by atoms with van der Waals surface area (Å²) in [4.78, 5) is 35.3. The van der Waals surface area contributed by atoms with Gasteiger partial charge in [0.1, 0.15) is 6.04 Å². The normalized spacial score (nSPS) is 16.4. The van der Waals surface area contributed by atoms with Crippen LogP contribution in [0.1, 0.15) is 61.3 Å². The standard InChI is InChI=1S/C25H52N4O5/c1-11-19(7)23(20(12-2)32-10)29(9)25(31)21(17(3)4)27-24(30)22(18(5)6)28(8)13-14-33-15-16-34-26/h17-23H,11-16,26H2,1-10H3,(H,27,30)/t19?,20?,21-,22?,23-/m0/s1. The van der Waals surface area contributed by atoms with E-state index in [0.29, 0.717) is 26.4 Å². The van der Waals surface area contributed by atoms with Crippen LogP contribution in [0.4, 0.5) is 0 Å². The molecule has 9 heteroatoms. The summed E-state index contributed by atoms with van der Waals surface area (Å²) in [5.41, 5.74) is 0. The van der Waals surface area contributed by atoms with Crippen molar-refractivity contribution in [2.45, 2.75) is 85.5 Å². The Morgan fingerprint density at radius 1 is 0.941 bits per heavy atom. The summed E-state index contributed by atoms with van der Waals surface area (Å²) in [5.74, 6) is 5.04. The Labute approximate surface area is 208 Å². The monoisotopic (exact) mass is 488 g/mol. The van der Waals surface area contributed by atoms with Gasteiger partial charge in [-0.15, -0.1) is 0 Å². The van der Waals surface area contributed by atoms with Gasteiger partial charge < -0.3 is 24.5 Å².